The van der Waals surface area contributed by atoms with Crippen molar-refractivity contribution in [2.75, 3.05) is 7.11 Å². The third-order valence-corrected chi connectivity index (χ3v) is 1.28. The van der Waals surface area contributed by atoms with Crippen LogP contribution in [0.2, 0.25) is 0 Å². The van der Waals surface area contributed by atoms with Crippen LogP contribution in [-0.2, 0) is 16.4 Å². The number of aromatic hydroxyl groups is 1. The number of rotatable bonds is 3. The van der Waals surface area contributed by atoms with E-state index in [0.717, 1.165) is 5.56 Å². The Balaban J connectivity index is 2.52. The van der Waals surface area contributed by atoms with Crippen LogP contribution in [0.5, 0.6) is 5.75 Å². The third-order valence-electron chi connectivity index (χ3n) is 1.28. The molecule has 0 aliphatic carbocycles. The van der Waals surface area contributed by atoms with E-state index in [4.69, 9.17) is 5.11 Å². The van der Waals surface area contributed by atoms with Gasteiger partial charge in [0.1, 0.15) is 12.4 Å². The predicted molar refractivity (Wildman–Crippen MR) is 39.9 cm³/mol. The standard InChI is InChI=1S/C8H10O3/c1-10-11-6-7-2-4-8(9)5-3-7/h2-5,9H,6H2,1H3. The van der Waals surface area contributed by atoms with Crippen LogP contribution in [0.25, 0.3) is 0 Å². The van der Waals surface area contributed by atoms with Gasteiger partial charge in [0.2, 0.25) is 0 Å². The first kappa shape index (κ1) is 8.04. The number of hydrogen-bond acceptors (Lipinski definition) is 3. The van der Waals surface area contributed by atoms with Crippen LogP contribution in [0.4, 0.5) is 0 Å². The Labute approximate surface area is 65.1 Å². The fourth-order valence-electron chi connectivity index (χ4n) is 0.719. The van der Waals surface area contributed by atoms with E-state index in [2.05, 4.69) is 9.78 Å². The van der Waals surface area contributed by atoms with E-state index in [1.807, 2.05) is 0 Å². The number of phenolic OH excluding ortho intramolecular Hbond substituents is 1. The molecular weight excluding hydrogens is 144 g/mol. The van der Waals surface area contributed by atoms with Crippen LogP contribution in [0.3, 0.4) is 0 Å². The molecule has 1 N–H and O–H groups in total. The van der Waals surface area contributed by atoms with Crippen LogP contribution in [-0.4, -0.2) is 12.2 Å². The summed E-state index contributed by atoms with van der Waals surface area (Å²) in [6, 6.07) is 6.76. The van der Waals surface area contributed by atoms with Gasteiger partial charge in [-0.05, 0) is 17.7 Å². The minimum atomic E-state index is 0.256. The molecule has 0 aromatic heterocycles. The maximum absolute atomic E-state index is 8.91. The Kier molecular flexibility index (Phi) is 2.89. The fourth-order valence-corrected chi connectivity index (χ4v) is 0.719. The molecule has 0 amide bonds. The molecule has 0 fully saturated rings. The Morgan fingerprint density at radius 3 is 2.45 bits per heavy atom. The molecule has 0 aliphatic heterocycles. The molecule has 3 nitrogen and oxygen atoms in total. The zero-order valence-electron chi connectivity index (χ0n) is 6.28. The normalized spacial score (nSPS) is 9.91. The molecule has 0 spiro atoms. The lowest BCUT2D eigenvalue weighted by Gasteiger charge is -1.99. The summed E-state index contributed by atoms with van der Waals surface area (Å²) in [5.74, 6) is 0.256. The van der Waals surface area contributed by atoms with Gasteiger partial charge in [0.05, 0.1) is 7.11 Å². The van der Waals surface area contributed by atoms with Crippen molar-refractivity contribution in [2.45, 2.75) is 6.61 Å². The lowest BCUT2D eigenvalue weighted by Crippen LogP contribution is -1.89. The quantitative estimate of drug-likeness (QED) is 0.529. The van der Waals surface area contributed by atoms with Gasteiger partial charge in [0.15, 0.2) is 0 Å². The molecule has 0 bridgehead atoms. The van der Waals surface area contributed by atoms with Crippen molar-refractivity contribution in [1.82, 2.24) is 0 Å². The van der Waals surface area contributed by atoms with Crippen LogP contribution < -0.4 is 0 Å². The first-order chi connectivity index (χ1) is 5.33. The summed E-state index contributed by atoms with van der Waals surface area (Å²) in [5, 5.41) is 8.91. The minimum absolute atomic E-state index is 0.256. The molecule has 1 aromatic rings. The second kappa shape index (κ2) is 3.95. The summed E-state index contributed by atoms with van der Waals surface area (Å²) in [4.78, 5) is 9.09. The lowest BCUT2D eigenvalue weighted by molar-refractivity contribution is -0.282. The number of phenols is 1. The summed E-state index contributed by atoms with van der Waals surface area (Å²) in [6.45, 7) is 0.400. The highest BCUT2D eigenvalue weighted by Crippen LogP contribution is 2.09. The van der Waals surface area contributed by atoms with Gasteiger partial charge in [-0.25, -0.2) is 9.78 Å². The van der Waals surface area contributed by atoms with Gasteiger partial charge in [-0.3, -0.25) is 0 Å². The van der Waals surface area contributed by atoms with E-state index in [-0.39, 0.29) is 5.75 Å². The monoisotopic (exact) mass is 154 g/mol. The second-order valence-corrected chi connectivity index (χ2v) is 2.10. The maximum Gasteiger partial charge on any atom is 0.115 e. The van der Waals surface area contributed by atoms with Gasteiger partial charge >= 0.3 is 0 Å². The lowest BCUT2D eigenvalue weighted by atomic mass is 10.2. The van der Waals surface area contributed by atoms with Crippen molar-refractivity contribution in [3.05, 3.63) is 29.8 Å². The maximum atomic E-state index is 8.91. The Bertz CT molecular complexity index is 205. The first-order valence-electron chi connectivity index (χ1n) is 3.26. The van der Waals surface area contributed by atoms with E-state index in [0.29, 0.717) is 6.61 Å². The summed E-state index contributed by atoms with van der Waals surface area (Å²) in [7, 11) is 1.46. The fraction of sp³-hybridized carbons (Fsp3) is 0.250. The molecule has 0 radical (unpaired) electrons. The second-order valence-electron chi connectivity index (χ2n) is 2.10. The molecule has 0 heterocycles. The van der Waals surface area contributed by atoms with Crippen molar-refractivity contribution < 1.29 is 14.9 Å². The van der Waals surface area contributed by atoms with Crippen molar-refractivity contribution in [3.8, 4) is 5.75 Å². The Morgan fingerprint density at radius 1 is 1.27 bits per heavy atom. The van der Waals surface area contributed by atoms with Crippen molar-refractivity contribution in [3.63, 3.8) is 0 Å². The molecule has 3 heteroatoms. The first-order valence-corrected chi connectivity index (χ1v) is 3.26. The zero-order valence-corrected chi connectivity index (χ0v) is 6.28. The molecule has 11 heavy (non-hydrogen) atoms. The summed E-state index contributed by atoms with van der Waals surface area (Å²) in [6.07, 6.45) is 0. The molecule has 1 rings (SSSR count). The molecular formula is C8H10O3. The average molecular weight is 154 g/mol. The van der Waals surface area contributed by atoms with Crippen LogP contribution in [0.15, 0.2) is 24.3 Å². The molecule has 0 saturated heterocycles. The van der Waals surface area contributed by atoms with E-state index >= 15 is 0 Å². The van der Waals surface area contributed by atoms with E-state index in [9.17, 15) is 0 Å². The van der Waals surface area contributed by atoms with Crippen LogP contribution in [0.1, 0.15) is 5.56 Å². The molecule has 0 atom stereocenters. The van der Waals surface area contributed by atoms with Gasteiger partial charge in [-0.15, -0.1) is 0 Å². The van der Waals surface area contributed by atoms with Gasteiger partial charge in [-0.1, -0.05) is 12.1 Å². The minimum Gasteiger partial charge on any atom is -0.508 e. The molecule has 0 saturated carbocycles. The van der Waals surface area contributed by atoms with Gasteiger partial charge in [-0.2, -0.15) is 0 Å². The predicted octanol–water partition coefficient (Wildman–Crippen LogP) is 1.47. The van der Waals surface area contributed by atoms with Gasteiger partial charge in [0, 0.05) is 0 Å². The Morgan fingerprint density at radius 2 is 1.91 bits per heavy atom. The average Bonchev–Trinajstić information content (AvgIpc) is 2.04. The van der Waals surface area contributed by atoms with Crippen molar-refractivity contribution >= 4 is 0 Å². The van der Waals surface area contributed by atoms with Gasteiger partial charge in [0.25, 0.3) is 0 Å². The highest BCUT2D eigenvalue weighted by molar-refractivity contribution is 5.25. The number of benzene rings is 1. The van der Waals surface area contributed by atoms with E-state index in [1.165, 1.54) is 7.11 Å². The molecule has 1 aromatic carbocycles. The molecule has 0 unspecified atom stereocenters. The molecule has 0 aliphatic rings. The summed E-state index contributed by atoms with van der Waals surface area (Å²) in [5.41, 5.74) is 0.963. The van der Waals surface area contributed by atoms with Crippen molar-refractivity contribution in [1.29, 1.82) is 0 Å². The van der Waals surface area contributed by atoms with Crippen LogP contribution in [0, 0.1) is 0 Å². The highest BCUT2D eigenvalue weighted by Gasteiger charge is 1.91. The smallest absolute Gasteiger partial charge is 0.115 e. The topological polar surface area (TPSA) is 38.7 Å². The number of hydrogen-bond donors (Lipinski definition) is 1. The third kappa shape index (κ3) is 2.57. The Hall–Kier alpha value is -1.06. The van der Waals surface area contributed by atoms with Crippen LogP contribution >= 0.6 is 0 Å². The summed E-state index contributed by atoms with van der Waals surface area (Å²) >= 11 is 0. The zero-order chi connectivity index (χ0) is 8.10. The van der Waals surface area contributed by atoms with Crippen molar-refractivity contribution in [2.24, 2.45) is 0 Å². The summed E-state index contributed by atoms with van der Waals surface area (Å²) < 4.78 is 0. The molecule has 60 valence electrons. The van der Waals surface area contributed by atoms with E-state index < -0.39 is 0 Å². The van der Waals surface area contributed by atoms with Gasteiger partial charge < -0.3 is 5.11 Å². The largest absolute Gasteiger partial charge is 0.508 e. The van der Waals surface area contributed by atoms with E-state index in [1.54, 1.807) is 24.3 Å². The SMILES string of the molecule is COOCc1ccc(O)cc1. The highest BCUT2D eigenvalue weighted by atomic mass is 17.2.